The highest BCUT2D eigenvalue weighted by Gasteiger charge is 2.46. The molecule has 3 heterocycles. The van der Waals surface area contributed by atoms with E-state index in [1.54, 1.807) is 23.6 Å². The van der Waals surface area contributed by atoms with E-state index in [1.165, 1.54) is 11.3 Å². The zero-order chi connectivity index (χ0) is 21.2. The van der Waals surface area contributed by atoms with Gasteiger partial charge in [0.2, 0.25) is 0 Å². The van der Waals surface area contributed by atoms with E-state index in [0.29, 0.717) is 12.2 Å². The zero-order valence-corrected chi connectivity index (χ0v) is 18.1. The first-order valence-corrected chi connectivity index (χ1v) is 10.7. The molecule has 0 aliphatic carbocycles. The molecule has 2 N–H and O–H groups in total. The maximum atomic E-state index is 12.9. The molecule has 10 heteroatoms. The van der Waals surface area contributed by atoms with Crippen LogP contribution in [0.15, 0.2) is 23.7 Å². The van der Waals surface area contributed by atoms with Gasteiger partial charge in [0.25, 0.3) is 0 Å². The maximum Gasteiger partial charge on any atom is 0.406 e. The van der Waals surface area contributed by atoms with Gasteiger partial charge >= 0.3 is 6.18 Å². The van der Waals surface area contributed by atoms with Gasteiger partial charge in [0, 0.05) is 18.1 Å². The molecular weight excluding hydrogens is 419 g/mol. The normalized spacial score (nSPS) is 12.4. The Kier molecular flexibility index (Phi) is 6.25. The van der Waals surface area contributed by atoms with E-state index in [4.69, 9.17) is 0 Å². The Morgan fingerprint density at radius 3 is 2.45 bits per heavy atom. The lowest BCUT2D eigenvalue weighted by Crippen LogP contribution is -2.52. The second kappa shape index (κ2) is 8.37. The van der Waals surface area contributed by atoms with Gasteiger partial charge in [-0.25, -0.2) is 15.0 Å². The molecule has 0 aromatic carbocycles. The largest absolute Gasteiger partial charge is 0.406 e. The number of thiazole rings is 2. The summed E-state index contributed by atoms with van der Waals surface area (Å²) in [5.41, 5.74) is 0.792. The summed E-state index contributed by atoms with van der Waals surface area (Å²) in [7, 11) is 0. The summed E-state index contributed by atoms with van der Waals surface area (Å²) in [6, 6.07) is 3.65. The Morgan fingerprint density at radius 2 is 1.86 bits per heavy atom. The summed E-state index contributed by atoms with van der Waals surface area (Å²) in [6.45, 7) is 6.42. The minimum Gasteiger partial charge on any atom is -0.316 e. The molecule has 0 spiro atoms. The van der Waals surface area contributed by atoms with Crippen LogP contribution in [-0.4, -0.2) is 33.2 Å². The molecular formula is C19H22F3N5S2. The molecule has 0 unspecified atom stereocenters. The van der Waals surface area contributed by atoms with Gasteiger partial charge in [-0.05, 0) is 45.7 Å². The van der Waals surface area contributed by atoms with Gasteiger partial charge in [-0.2, -0.15) is 13.2 Å². The van der Waals surface area contributed by atoms with E-state index in [-0.39, 0.29) is 6.54 Å². The Labute approximate surface area is 175 Å². The molecule has 0 aliphatic rings. The minimum absolute atomic E-state index is 0.213. The standard InChI is InChI=1S/C19H22F3N5S2/c1-11-16(29-12(2)25-11)14-10-28-17(26-14)27-15-6-5-13(9-23-15)7-8-24-18(3,4)19(20,21)22/h5-6,9-10,24H,7-8H2,1-4H3,(H,23,26,27). The van der Waals surface area contributed by atoms with Gasteiger partial charge in [0.1, 0.15) is 11.4 Å². The molecule has 3 rings (SSSR count). The highest BCUT2D eigenvalue weighted by atomic mass is 32.1. The lowest BCUT2D eigenvalue weighted by atomic mass is 10.0. The highest BCUT2D eigenvalue weighted by molar-refractivity contribution is 7.16. The molecule has 0 bridgehead atoms. The van der Waals surface area contributed by atoms with E-state index in [0.717, 1.165) is 45.8 Å². The fourth-order valence-electron chi connectivity index (χ4n) is 2.58. The van der Waals surface area contributed by atoms with E-state index >= 15 is 0 Å². The third-order valence-corrected chi connectivity index (χ3v) is 6.24. The topological polar surface area (TPSA) is 62.7 Å². The second-order valence-electron chi connectivity index (χ2n) is 7.16. The van der Waals surface area contributed by atoms with Crippen molar-refractivity contribution < 1.29 is 13.2 Å². The van der Waals surface area contributed by atoms with Crippen LogP contribution >= 0.6 is 22.7 Å². The molecule has 29 heavy (non-hydrogen) atoms. The third kappa shape index (κ3) is 5.31. The van der Waals surface area contributed by atoms with Crippen LogP contribution in [0.25, 0.3) is 10.6 Å². The van der Waals surface area contributed by atoms with Crippen LogP contribution < -0.4 is 10.6 Å². The first-order valence-electron chi connectivity index (χ1n) is 8.99. The number of aromatic nitrogens is 3. The van der Waals surface area contributed by atoms with Crippen LogP contribution in [-0.2, 0) is 6.42 Å². The molecule has 5 nitrogen and oxygen atoms in total. The number of halogens is 3. The SMILES string of the molecule is Cc1nc(C)c(-c2csc(Nc3ccc(CCNC(C)(C)C(F)(F)F)cn3)n2)s1. The number of alkyl halides is 3. The van der Waals surface area contributed by atoms with Crippen LogP contribution in [0.5, 0.6) is 0 Å². The summed E-state index contributed by atoms with van der Waals surface area (Å²) < 4.78 is 38.6. The first kappa shape index (κ1) is 21.7. The maximum absolute atomic E-state index is 12.9. The van der Waals surface area contributed by atoms with E-state index in [9.17, 15) is 13.2 Å². The summed E-state index contributed by atoms with van der Waals surface area (Å²) in [4.78, 5) is 14.4. The van der Waals surface area contributed by atoms with Gasteiger partial charge < -0.3 is 10.6 Å². The lowest BCUT2D eigenvalue weighted by molar-refractivity contribution is -0.185. The van der Waals surface area contributed by atoms with Crippen LogP contribution in [0.3, 0.4) is 0 Å². The number of hydrogen-bond acceptors (Lipinski definition) is 7. The van der Waals surface area contributed by atoms with Crippen molar-refractivity contribution in [3.63, 3.8) is 0 Å². The van der Waals surface area contributed by atoms with Crippen molar-refractivity contribution in [3.05, 3.63) is 40.0 Å². The molecule has 0 fully saturated rings. The third-order valence-electron chi connectivity index (χ3n) is 4.39. The van der Waals surface area contributed by atoms with Gasteiger partial charge in [0.05, 0.1) is 21.3 Å². The number of anilines is 2. The zero-order valence-electron chi connectivity index (χ0n) is 16.5. The summed E-state index contributed by atoms with van der Waals surface area (Å²) in [5, 5.41) is 9.41. The number of rotatable bonds is 7. The van der Waals surface area contributed by atoms with Gasteiger partial charge in [-0.1, -0.05) is 6.07 Å². The number of nitrogens with one attached hydrogen (secondary N) is 2. The predicted molar refractivity (Wildman–Crippen MR) is 112 cm³/mol. The number of hydrogen-bond donors (Lipinski definition) is 2. The quantitative estimate of drug-likeness (QED) is 0.507. The Morgan fingerprint density at radius 1 is 1.10 bits per heavy atom. The highest BCUT2D eigenvalue weighted by Crippen LogP contribution is 2.33. The average molecular weight is 442 g/mol. The molecule has 156 valence electrons. The van der Waals surface area contributed by atoms with Crippen molar-refractivity contribution in [2.75, 3.05) is 11.9 Å². The van der Waals surface area contributed by atoms with Crippen molar-refractivity contribution in [3.8, 4) is 10.6 Å². The van der Waals surface area contributed by atoms with Crippen LogP contribution in [0.2, 0.25) is 0 Å². The van der Waals surface area contributed by atoms with Crippen molar-refractivity contribution in [2.45, 2.75) is 45.8 Å². The molecule has 0 aliphatic heterocycles. The second-order valence-corrected chi connectivity index (χ2v) is 9.22. The fourth-order valence-corrected chi connectivity index (χ4v) is 4.24. The van der Waals surface area contributed by atoms with E-state index < -0.39 is 11.7 Å². The molecule has 0 radical (unpaired) electrons. The van der Waals surface area contributed by atoms with Crippen LogP contribution in [0, 0.1) is 13.8 Å². The average Bonchev–Trinajstić information content (AvgIpc) is 3.21. The first-order chi connectivity index (χ1) is 13.5. The van der Waals surface area contributed by atoms with E-state index in [2.05, 4.69) is 25.6 Å². The summed E-state index contributed by atoms with van der Waals surface area (Å²) in [5.74, 6) is 0.635. The van der Waals surface area contributed by atoms with Crippen LogP contribution in [0.1, 0.15) is 30.1 Å². The van der Waals surface area contributed by atoms with Crippen molar-refractivity contribution in [1.82, 2.24) is 20.3 Å². The molecule has 0 saturated carbocycles. The van der Waals surface area contributed by atoms with Gasteiger partial charge in [-0.15, -0.1) is 22.7 Å². The molecule has 0 amide bonds. The Bertz CT molecular complexity index is 961. The van der Waals surface area contributed by atoms with Gasteiger partial charge in [-0.3, -0.25) is 0 Å². The predicted octanol–water partition coefficient (Wildman–Crippen LogP) is 5.50. The molecule has 3 aromatic rings. The summed E-state index contributed by atoms with van der Waals surface area (Å²) >= 11 is 3.09. The molecule has 0 saturated heterocycles. The number of aryl methyl sites for hydroxylation is 2. The van der Waals surface area contributed by atoms with Crippen LogP contribution in [0.4, 0.5) is 24.1 Å². The fraction of sp³-hybridized carbons (Fsp3) is 0.421. The molecule has 3 aromatic heterocycles. The minimum atomic E-state index is -4.29. The molecule has 0 atom stereocenters. The van der Waals surface area contributed by atoms with Crippen molar-refractivity contribution >= 4 is 33.6 Å². The lowest BCUT2D eigenvalue weighted by Gasteiger charge is -2.29. The van der Waals surface area contributed by atoms with E-state index in [1.807, 2.05) is 25.3 Å². The Balaban J connectivity index is 1.57. The Hall–Kier alpha value is -2.04. The summed E-state index contributed by atoms with van der Waals surface area (Å²) in [6.07, 6.45) is -2.17. The van der Waals surface area contributed by atoms with Gasteiger partial charge in [0.15, 0.2) is 5.13 Å². The monoisotopic (exact) mass is 441 g/mol. The number of nitrogens with zero attached hydrogens (tertiary/aromatic N) is 3. The smallest absolute Gasteiger partial charge is 0.316 e. The van der Waals surface area contributed by atoms with Crippen molar-refractivity contribution in [2.24, 2.45) is 0 Å². The number of pyridine rings is 1. The van der Waals surface area contributed by atoms with Crippen molar-refractivity contribution in [1.29, 1.82) is 0 Å².